The SMILES string of the molecule is C/C(=C/N(C)C)C(=O)c1cc(C(F)(F)F)cs1. The van der Waals surface area contributed by atoms with Crippen molar-refractivity contribution in [3.8, 4) is 0 Å². The Kier molecular flexibility index (Phi) is 3.98. The molecular formula is C11H12F3NOS. The Balaban J connectivity index is 2.95. The van der Waals surface area contributed by atoms with E-state index in [1.165, 1.54) is 0 Å². The van der Waals surface area contributed by atoms with E-state index >= 15 is 0 Å². The Hall–Kier alpha value is -1.30. The van der Waals surface area contributed by atoms with E-state index < -0.39 is 11.7 Å². The Morgan fingerprint density at radius 3 is 2.41 bits per heavy atom. The molecule has 6 heteroatoms. The van der Waals surface area contributed by atoms with Crippen LogP contribution in [0.1, 0.15) is 22.2 Å². The summed E-state index contributed by atoms with van der Waals surface area (Å²) in [5.41, 5.74) is -0.367. The zero-order valence-corrected chi connectivity index (χ0v) is 10.4. The van der Waals surface area contributed by atoms with Gasteiger partial charge in [-0.1, -0.05) is 0 Å². The van der Waals surface area contributed by atoms with Crippen LogP contribution in [0.25, 0.3) is 0 Å². The maximum Gasteiger partial charge on any atom is 0.417 e. The average molecular weight is 263 g/mol. The Morgan fingerprint density at radius 2 is 2.00 bits per heavy atom. The minimum atomic E-state index is -4.39. The molecule has 1 aromatic heterocycles. The molecule has 0 aliphatic carbocycles. The van der Waals surface area contributed by atoms with E-state index in [0.29, 0.717) is 5.57 Å². The molecule has 0 unspecified atom stereocenters. The van der Waals surface area contributed by atoms with E-state index in [1.54, 1.807) is 32.1 Å². The number of carbonyl (C=O) groups excluding carboxylic acids is 1. The number of thiophene rings is 1. The molecule has 0 aliphatic rings. The van der Waals surface area contributed by atoms with Gasteiger partial charge in [-0.15, -0.1) is 11.3 Å². The molecule has 0 atom stereocenters. The first-order chi connectivity index (χ1) is 7.71. The molecule has 0 saturated heterocycles. The first kappa shape index (κ1) is 13.8. The third-order valence-corrected chi connectivity index (χ3v) is 2.89. The monoisotopic (exact) mass is 263 g/mol. The number of rotatable bonds is 3. The largest absolute Gasteiger partial charge is 0.417 e. The number of halogens is 3. The minimum Gasteiger partial charge on any atom is -0.383 e. The van der Waals surface area contributed by atoms with E-state index in [1.807, 2.05) is 0 Å². The highest BCUT2D eigenvalue weighted by Crippen LogP contribution is 2.33. The molecule has 17 heavy (non-hydrogen) atoms. The van der Waals surface area contributed by atoms with Gasteiger partial charge in [0.05, 0.1) is 10.4 Å². The number of hydrogen-bond donors (Lipinski definition) is 0. The van der Waals surface area contributed by atoms with E-state index in [9.17, 15) is 18.0 Å². The summed E-state index contributed by atoms with van der Waals surface area (Å²) in [6, 6.07) is 0.889. The van der Waals surface area contributed by atoms with Gasteiger partial charge in [0.25, 0.3) is 0 Å². The maximum atomic E-state index is 12.3. The van der Waals surface area contributed by atoms with Gasteiger partial charge in [0.2, 0.25) is 0 Å². The second-order valence-electron chi connectivity index (χ2n) is 3.80. The molecule has 2 nitrogen and oxygen atoms in total. The van der Waals surface area contributed by atoms with Gasteiger partial charge >= 0.3 is 6.18 Å². The van der Waals surface area contributed by atoms with Crippen molar-refractivity contribution >= 4 is 17.1 Å². The maximum absolute atomic E-state index is 12.3. The number of alkyl halides is 3. The molecule has 0 spiro atoms. The van der Waals surface area contributed by atoms with Crippen molar-refractivity contribution in [3.63, 3.8) is 0 Å². The van der Waals surface area contributed by atoms with Crippen molar-refractivity contribution < 1.29 is 18.0 Å². The molecule has 0 saturated carbocycles. The molecule has 1 aromatic rings. The summed E-state index contributed by atoms with van der Waals surface area (Å²) >= 11 is 0.811. The van der Waals surface area contributed by atoms with Crippen LogP contribution in [0.2, 0.25) is 0 Å². The molecular weight excluding hydrogens is 251 g/mol. The second kappa shape index (κ2) is 4.91. The zero-order valence-electron chi connectivity index (χ0n) is 9.63. The van der Waals surface area contributed by atoms with Crippen molar-refractivity contribution in [3.05, 3.63) is 33.7 Å². The number of Topliss-reactive ketones (excluding diaryl/α,β-unsaturated/α-hetero) is 1. The predicted octanol–water partition coefficient (Wildman–Crippen LogP) is 3.42. The molecule has 0 bridgehead atoms. The number of hydrogen-bond acceptors (Lipinski definition) is 3. The van der Waals surface area contributed by atoms with Gasteiger partial charge < -0.3 is 4.90 Å². The lowest BCUT2D eigenvalue weighted by atomic mass is 10.1. The van der Waals surface area contributed by atoms with E-state index in [-0.39, 0.29) is 10.7 Å². The van der Waals surface area contributed by atoms with E-state index in [4.69, 9.17) is 0 Å². The summed E-state index contributed by atoms with van der Waals surface area (Å²) in [5, 5.41) is 0.955. The van der Waals surface area contributed by atoms with Crippen LogP contribution in [-0.2, 0) is 6.18 Å². The molecule has 0 N–H and O–H groups in total. The second-order valence-corrected chi connectivity index (χ2v) is 4.71. The van der Waals surface area contributed by atoms with Crippen LogP contribution < -0.4 is 0 Å². The molecule has 1 rings (SSSR count). The van der Waals surface area contributed by atoms with Crippen molar-refractivity contribution in [1.29, 1.82) is 0 Å². The van der Waals surface area contributed by atoms with Crippen LogP contribution in [0, 0.1) is 0 Å². The lowest BCUT2D eigenvalue weighted by molar-refractivity contribution is -0.137. The van der Waals surface area contributed by atoms with Crippen molar-refractivity contribution in [2.45, 2.75) is 13.1 Å². The summed E-state index contributed by atoms with van der Waals surface area (Å²) in [7, 11) is 3.48. The third kappa shape index (κ3) is 3.59. The average Bonchev–Trinajstić information content (AvgIpc) is 2.63. The van der Waals surface area contributed by atoms with Crippen molar-refractivity contribution in [2.75, 3.05) is 14.1 Å². The quantitative estimate of drug-likeness (QED) is 0.615. The molecule has 0 amide bonds. The minimum absolute atomic E-state index is 0.105. The summed E-state index contributed by atoms with van der Waals surface area (Å²) in [6.07, 6.45) is -2.82. The lowest BCUT2D eigenvalue weighted by Gasteiger charge is -2.06. The summed E-state index contributed by atoms with van der Waals surface area (Å²) in [5.74, 6) is -0.376. The number of nitrogens with zero attached hydrogens (tertiary/aromatic N) is 1. The zero-order chi connectivity index (χ0) is 13.2. The predicted molar refractivity (Wildman–Crippen MR) is 61.1 cm³/mol. The molecule has 0 radical (unpaired) electrons. The smallest absolute Gasteiger partial charge is 0.383 e. The van der Waals surface area contributed by atoms with Gasteiger partial charge in [0.1, 0.15) is 0 Å². The molecule has 0 aliphatic heterocycles. The van der Waals surface area contributed by atoms with Crippen LogP contribution in [0.3, 0.4) is 0 Å². The number of allylic oxidation sites excluding steroid dienone is 1. The van der Waals surface area contributed by atoms with Crippen LogP contribution in [0.4, 0.5) is 13.2 Å². The fraction of sp³-hybridized carbons (Fsp3) is 0.364. The first-order valence-corrected chi connectivity index (χ1v) is 5.65. The Labute approximate surface area is 101 Å². The molecule has 1 heterocycles. The molecule has 0 aromatic carbocycles. The van der Waals surface area contributed by atoms with Crippen LogP contribution in [0.5, 0.6) is 0 Å². The normalized spacial score (nSPS) is 12.7. The van der Waals surface area contributed by atoms with Gasteiger partial charge in [-0.2, -0.15) is 13.2 Å². The number of carbonyl (C=O) groups is 1. The van der Waals surface area contributed by atoms with Crippen molar-refractivity contribution in [1.82, 2.24) is 4.90 Å². The van der Waals surface area contributed by atoms with E-state index in [0.717, 1.165) is 22.8 Å². The third-order valence-electron chi connectivity index (χ3n) is 1.96. The molecule has 94 valence electrons. The standard InChI is InChI=1S/C11H12F3NOS/c1-7(5-15(2)3)10(16)9-4-8(6-17-9)11(12,13)14/h4-6H,1-3H3/b7-5-. The van der Waals surface area contributed by atoms with Gasteiger partial charge in [0.15, 0.2) is 5.78 Å². The van der Waals surface area contributed by atoms with Gasteiger partial charge in [-0.05, 0) is 13.0 Å². The highest BCUT2D eigenvalue weighted by atomic mass is 32.1. The lowest BCUT2D eigenvalue weighted by Crippen LogP contribution is -2.07. The summed E-state index contributed by atoms with van der Waals surface area (Å²) < 4.78 is 37.0. The summed E-state index contributed by atoms with van der Waals surface area (Å²) in [4.78, 5) is 13.5. The highest BCUT2D eigenvalue weighted by Gasteiger charge is 2.32. The Bertz CT molecular complexity index is 446. The fourth-order valence-corrected chi connectivity index (χ4v) is 2.16. The Morgan fingerprint density at radius 1 is 1.41 bits per heavy atom. The highest BCUT2D eigenvalue weighted by molar-refractivity contribution is 7.12. The molecule has 0 fully saturated rings. The first-order valence-electron chi connectivity index (χ1n) is 4.77. The van der Waals surface area contributed by atoms with Crippen LogP contribution >= 0.6 is 11.3 Å². The van der Waals surface area contributed by atoms with Gasteiger partial charge in [-0.3, -0.25) is 4.79 Å². The summed E-state index contributed by atoms with van der Waals surface area (Å²) in [6.45, 7) is 1.58. The van der Waals surface area contributed by atoms with E-state index in [2.05, 4.69) is 0 Å². The van der Waals surface area contributed by atoms with Crippen LogP contribution in [0.15, 0.2) is 23.2 Å². The fourth-order valence-electron chi connectivity index (χ4n) is 1.24. The van der Waals surface area contributed by atoms with Crippen LogP contribution in [-0.4, -0.2) is 24.8 Å². The van der Waals surface area contributed by atoms with Gasteiger partial charge in [0, 0.05) is 31.2 Å². The van der Waals surface area contributed by atoms with Crippen molar-refractivity contribution in [2.24, 2.45) is 0 Å². The van der Waals surface area contributed by atoms with Gasteiger partial charge in [-0.25, -0.2) is 0 Å². The number of ketones is 1. The topological polar surface area (TPSA) is 20.3 Å².